The maximum atomic E-state index is 13.8. The van der Waals surface area contributed by atoms with Gasteiger partial charge in [0.05, 0.1) is 71.0 Å². The molecule has 0 aliphatic heterocycles. The summed E-state index contributed by atoms with van der Waals surface area (Å²) in [6, 6.07) is 48.9. The van der Waals surface area contributed by atoms with Gasteiger partial charge in [0, 0.05) is 30.7 Å². The summed E-state index contributed by atoms with van der Waals surface area (Å²) in [4.78, 5) is 44.4. The third-order valence-electron chi connectivity index (χ3n) is 24.8. The summed E-state index contributed by atoms with van der Waals surface area (Å²) >= 11 is 0. The Morgan fingerprint density at radius 1 is 0.425 bits per heavy atom. The Labute approximate surface area is 662 Å². The summed E-state index contributed by atoms with van der Waals surface area (Å²) in [5.41, 5.74) is 2.26. The number of halogens is 9. The highest BCUT2D eigenvalue weighted by Gasteiger charge is 2.81. The first-order valence-electron chi connectivity index (χ1n) is 39.0. The van der Waals surface area contributed by atoms with Crippen LogP contribution in [0.1, 0.15) is 151 Å². The largest absolute Gasteiger partial charge is 0.748 e. The van der Waals surface area contributed by atoms with Crippen molar-refractivity contribution < 1.29 is 104 Å². The highest BCUT2D eigenvalue weighted by molar-refractivity contribution is 7.97. The van der Waals surface area contributed by atoms with E-state index < -0.39 is 86.0 Å². The first-order chi connectivity index (χ1) is 53.2. The van der Waals surface area contributed by atoms with Gasteiger partial charge in [-0.2, -0.15) is 39.5 Å². The fourth-order valence-corrected chi connectivity index (χ4v) is 25.9. The van der Waals surface area contributed by atoms with Crippen LogP contribution in [0.3, 0.4) is 0 Å². The van der Waals surface area contributed by atoms with Gasteiger partial charge in [-0.15, -0.1) is 0 Å². The summed E-state index contributed by atoms with van der Waals surface area (Å²) in [5, 5.41) is 0. The number of rotatable bonds is 25. The van der Waals surface area contributed by atoms with E-state index in [1.165, 1.54) is 85.3 Å². The van der Waals surface area contributed by atoms with Crippen LogP contribution >= 0.6 is 0 Å². The number of aryl methyl sites for hydroxylation is 4. The molecule has 6 aromatic rings. The quantitative estimate of drug-likeness (QED) is 0.0130. The number of benzene rings is 6. The molecule has 12 saturated carbocycles. The zero-order valence-corrected chi connectivity index (χ0v) is 67.3. The molecule has 14 nitrogen and oxygen atoms in total. The summed E-state index contributed by atoms with van der Waals surface area (Å²) < 4.78 is 209. The molecular formula is C86H99F9O14S4. The van der Waals surface area contributed by atoms with Crippen LogP contribution in [-0.2, 0) is 70.6 Å². The van der Waals surface area contributed by atoms with Crippen LogP contribution < -0.4 is 9.47 Å². The van der Waals surface area contributed by atoms with E-state index in [0.717, 1.165) is 81.9 Å². The van der Waals surface area contributed by atoms with Crippen LogP contribution in [0.4, 0.5) is 39.5 Å². The van der Waals surface area contributed by atoms with Crippen molar-refractivity contribution in [2.24, 2.45) is 70.0 Å². The summed E-state index contributed by atoms with van der Waals surface area (Å²) in [6.45, 7) is 8.53. The molecule has 0 N–H and O–H groups in total. The van der Waals surface area contributed by atoms with Gasteiger partial charge in [-0.05, 0) is 280 Å². The highest BCUT2D eigenvalue weighted by Crippen LogP contribution is 2.63. The SMILES string of the molecule is Cc1cc([S+](c2ccccc2)c2ccccc2)cc(C)c1OCC(=O)OC1(C)C2CC3CC(C2)CC1C3.Cc1cc([S+](c2ccccc2)c2ccccc2)cc(C)c1OCCCC(F)(F)C(F)(F)C(F)(F)C(F)(F)F.O=C(OCCS(=O)(=O)[O-])C12CC3CC(CC(C3)C1)C2.O=C(OCCS(=O)(=O)[O-])C12CC3CC(CC(C3)C1)C2. The number of hydrogen-bond donors (Lipinski definition) is 0. The predicted octanol–water partition coefficient (Wildman–Crippen LogP) is 19.1. The van der Waals surface area contributed by atoms with Crippen molar-refractivity contribution in [3.8, 4) is 11.5 Å². The van der Waals surface area contributed by atoms with Crippen molar-refractivity contribution >= 4 is 59.9 Å². The van der Waals surface area contributed by atoms with Crippen molar-refractivity contribution in [2.75, 3.05) is 37.9 Å². The number of hydrogen-bond acceptors (Lipinski definition) is 14. The molecule has 6 aromatic carbocycles. The molecule has 614 valence electrons. The molecule has 12 aliphatic carbocycles. The number of ether oxygens (including phenoxy) is 5. The smallest absolute Gasteiger partial charge is 0.460 e. The topological polar surface area (TPSA) is 212 Å². The Morgan fingerprint density at radius 2 is 0.726 bits per heavy atom. The maximum Gasteiger partial charge on any atom is 0.460 e. The highest BCUT2D eigenvalue weighted by atomic mass is 32.2. The molecule has 0 radical (unpaired) electrons. The van der Waals surface area contributed by atoms with E-state index in [0.29, 0.717) is 58.5 Å². The Morgan fingerprint density at radius 3 is 1.03 bits per heavy atom. The monoisotopic (exact) mass is 1650 g/mol. The van der Waals surface area contributed by atoms with E-state index in [9.17, 15) is 79.8 Å². The van der Waals surface area contributed by atoms with E-state index >= 15 is 0 Å². The molecule has 0 aromatic heterocycles. The average molecular weight is 1660 g/mol. The molecule has 12 aliphatic rings. The first kappa shape index (κ1) is 85.6. The average Bonchev–Trinajstić information content (AvgIpc) is 0.736. The van der Waals surface area contributed by atoms with Crippen molar-refractivity contribution in [3.63, 3.8) is 0 Å². The zero-order chi connectivity index (χ0) is 81.3. The maximum absolute atomic E-state index is 13.8. The van der Waals surface area contributed by atoms with Gasteiger partial charge in [0.1, 0.15) is 30.3 Å². The number of carbonyl (C=O) groups is 3. The Kier molecular flexibility index (Phi) is 26.1. The lowest BCUT2D eigenvalue weighted by molar-refractivity contribution is -0.396. The minimum Gasteiger partial charge on any atom is -0.748 e. The van der Waals surface area contributed by atoms with Gasteiger partial charge < -0.3 is 32.8 Å². The molecule has 27 heteroatoms. The van der Waals surface area contributed by atoms with Crippen LogP contribution in [-0.4, -0.2) is 111 Å². The van der Waals surface area contributed by atoms with Crippen molar-refractivity contribution in [1.82, 2.24) is 0 Å². The Hall–Kier alpha value is -6.78. The van der Waals surface area contributed by atoms with Crippen LogP contribution in [0.15, 0.2) is 175 Å². The second kappa shape index (κ2) is 34.4. The molecule has 18 rings (SSSR count). The molecule has 0 atom stereocenters. The molecular weight excluding hydrogens is 1560 g/mol. The van der Waals surface area contributed by atoms with Gasteiger partial charge in [0.25, 0.3) is 0 Å². The molecule has 12 bridgehead atoms. The lowest BCUT2D eigenvalue weighted by Gasteiger charge is -2.59. The van der Waals surface area contributed by atoms with Gasteiger partial charge in [0.2, 0.25) is 0 Å². The molecule has 0 amide bonds. The minimum atomic E-state index is -6.89. The fourth-order valence-electron chi connectivity index (χ4n) is 20.8. The van der Waals surface area contributed by atoms with E-state index in [1.807, 2.05) is 72.8 Å². The summed E-state index contributed by atoms with van der Waals surface area (Å²) in [6.07, 6.45) is 9.43. The van der Waals surface area contributed by atoms with E-state index in [1.54, 1.807) is 13.8 Å². The zero-order valence-electron chi connectivity index (χ0n) is 64.1. The predicted molar refractivity (Wildman–Crippen MR) is 407 cm³/mol. The van der Waals surface area contributed by atoms with Crippen molar-refractivity contribution in [2.45, 2.75) is 216 Å². The van der Waals surface area contributed by atoms with Crippen LogP contribution in [0.2, 0.25) is 0 Å². The minimum absolute atomic E-state index is 0.0357. The van der Waals surface area contributed by atoms with Gasteiger partial charge >= 0.3 is 41.9 Å². The van der Waals surface area contributed by atoms with E-state index in [2.05, 4.69) is 93.6 Å². The van der Waals surface area contributed by atoms with Crippen molar-refractivity contribution in [1.29, 1.82) is 0 Å². The number of alkyl halides is 9. The number of carbonyl (C=O) groups excluding carboxylic acids is 3. The Balaban J connectivity index is 0.000000146. The molecule has 0 spiro atoms. The van der Waals surface area contributed by atoms with E-state index in [4.69, 9.17) is 23.7 Å². The van der Waals surface area contributed by atoms with Gasteiger partial charge in [-0.3, -0.25) is 9.59 Å². The van der Waals surface area contributed by atoms with Crippen LogP contribution in [0, 0.1) is 97.7 Å². The standard InChI is InChI=1S/C33H37O3S.C27H24F9OS.2C13H20O5S/c1-22-14-30(37(28-10-6-4-7-11-28)29-12-8-5-9-13-29)15-23(2)32(22)35-21-31(34)36-33(3)26-17-24-16-25(19-26)20-27(33)18-24;1-18-16-22(38(20-10-5-3-6-11-20)21-12-7-4-8-13-21)17-19(2)23(18)37-15-9-14-24(28,29)25(30,31)26(32,33)27(34,35)36;2*14-12(18-1-2-19(15,16)17)13-6-9-3-10(7-13)5-11(4-9)8-13/h4-15,24-27H,16-21H2,1-3H3;3-8,10-13,16-17H,9,14-15H2,1-2H3;2*9-11H,1-8H2,(H,15,16,17)/q2*+1;;/p-2. The third kappa shape index (κ3) is 19.8. The molecule has 12 fully saturated rings. The number of esters is 3. The molecule has 113 heavy (non-hydrogen) atoms. The summed E-state index contributed by atoms with van der Waals surface area (Å²) in [5.74, 6) is -13.5. The second-order valence-corrected chi connectivity index (χ2v) is 40.5. The lowest BCUT2D eigenvalue weighted by Crippen LogP contribution is -2.60. The second-order valence-electron chi connectivity index (χ2n) is 33.4. The van der Waals surface area contributed by atoms with Gasteiger partial charge in [0.15, 0.2) is 36.0 Å². The third-order valence-corrected chi connectivity index (χ3v) is 30.6. The summed E-state index contributed by atoms with van der Waals surface area (Å²) in [7, 11) is -9.31. The Bertz CT molecular complexity index is 4240. The lowest BCUT2D eigenvalue weighted by atomic mass is 9.49. The fraction of sp³-hybridized carbons (Fsp3) is 0.547. The van der Waals surface area contributed by atoms with Crippen LogP contribution in [0.25, 0.3) is 0 Å². The first-order valence-corrected chi connectivity index (χ1v) is 44.6. The normalized spacial score (nSPS) is 27.1. The molecule has 0 saturated heterocycles. The van der Waals surface area contributed by atoms with Crippen molar-refractivity contribution in [3.05, 3.63) is 168 Å². The van der Waals surface area contributed by atoms with Crippen LogP contribution in [0.5, 0.6) is 11.5 Å². The van der Waals surface area contributed by atoms with Gasteiger partial charge in [-0.1, -0.05) is 72.8 Å². The molecule has 0 heterocycles. The van der Waals surface area contributed by atoms with Gasteiger partial charge in [-0.25, -0.2) is 21.6 Å². The van der Waals surface area contributed by atoms with E-state index in [-0.39, 0.29) is 70.8 Å². The molecule has 0 unspecified atom stereocenters.